The molecular formula is C11H22N2O3. The van der Waals surface area contributed by atoms with E-state index in [4.69, 9.17) is 5.11 Å². The first-order valence-corrected chi connectivity index (χ1v) is 5.65. The Balaban J connectivity index is 4.45. The predicted molar refractivity (Wildman–Crippen MR) is 62.4 cm³/mol. The smallest absolute Gasteiger partial charge is 0.328 e. The molecular weight excluding hydrogens is 208 g/mol. The van der Waals surface area contributed by atoms with E-state index < -0.39 is 11.5 Å². The average molecular weight is 230 g/mol. The van der Waals surface area contributed by atoms with E-state index in [0.717, 1.165) is 12.8 Å². The third-order valence-corrected chi connectivity index (χ3v) is 2.23. The third kappa shape index (κ3) is 4.51. The van der Waals surface area contributed by atoms with Gasteiger partial charge in [-0.15, -0.1) is 0 Å². The number of hydrogen-bond acceptors (Lipinski definition) is 2. The lowest BCUT2D eigenvalue weighted by atomic mass is 10.1. The van der Waals surface area contributed by atoms with E-state index in [0.29, 0.717) is 13.1 Å². The minimum Gasteiger partial charge on any atom is -0.480 e. The minimum atomic E-state index is -1.23. The number of urea groups is 1. The van der Waals surface area contributed by atoms with Gasteiger partial charge < -0.3 is 15.3 Å². The van der Waals surface area contributed by atoms with Crippen LogP contribution in [0.5, 0.6) is 0 Å². The fraction of sp³-hybridized carbons (Fsp3) is 0.818. The zero-order valence-corrected chi connectivity index (χ0v) is 10.5. The molecule has 0 rings (SSSR count). The molecule has 16 heavy (non-hydrogen) atoms. The van der Waals surface area contributed by atoms with Crippen molar-refractivity contribution in [3.8, 4) is 0 Å². The van der Waals surface area contributed by atoms with Gasteiger partial charge in [-0.05, 0) is 26.7 Å². The van der Waals surface area contributed by atoms with Gasteiger partial charge in [0.1, 0.15) is 5.54 Å². The molecule has 2 N–H and O–H groups in total. The molecule has 0 radical (unpaired) electrons. The normalized spacial score (nSPS) is 11.0. The van der Waals surface area contributed by atoms with Crippen LogP contribution in [0.15, 0.2) is 0 Å². The summed E-state index contributed by atoms with van der Waals surface area (Å²) in [4.78, 5) is 24.3. The van der Waals surface area contributed by atoms with E-state index in [1.54, 1.807) is 4.90 Å². The first-order valence-electron chi connectivity index (χ1n) is 5.65. The van der Waals surface area contributed by atoms with Crippen LogP contribution in [-0.2, 0) is 4.79 Å². The summed E-state index contributed by atoms with van der Waals surface area (Å²) in [5.41, 5.74) is -1.23. The van der Waals surface area contributed by atoms with Crippen molar-refractivity contribution in [2.24, 2.45) is 0 Å². The predicted octanol–water partition coefficient (Wildman–Crippen LogP) is 1.68. The highest BCUT2D eigenvalue weighted by Gasteiger charge is 2.30. The molecule has 0 aliphatic carbocycles. The molecule has 0 aromatic rings. The maximum atomic E-state index is 11.8. The Kier molecular flexibility index (Phi) is 5.85. The summed E-state index contributed by atoms with van der Waals surface area (Å²) in [6.07, 6.45) is 1.72. The highest BCUT2D eigenvalue weighted by atomic mass is 16.4. The molecule has 0 heterocycles. The quantitative estimate of drug-likeness (QED) is 0.729. The lowest BCUT2D eigenvalue weighted by molar-refractivity contribution is -0.143. The summed E-state index contributed by atoms with van der Waals surface area (Å²) in [7, 11) is 0. The van der Waals surface area contributed by atoms with Gasteiger partial charge in [-0.25, -0.2) is 9.59 Å². The Morgan fingerprint density at radius 3 is 1.94 bits per heavy atom. The standard InChI is InChI=1S/C11H22N2O3/c1-5-7-13(8-6-2)10(16)12-11(3,4)9(14)15/h5-8H2,1-4H3,(H,12,16)(H,14,15). The summed E-state index contributed by atoms with van der Waals surface area (Å²) in [6.45, 7) is 8.22. The van der Waals surface area contributed by atoms with Crippen molar-refractivity contribution in [3.63, 3.8) is 0 Å². The van der Waals surface area contributed by atoms with Gasteiger partial charge in [-0.2, -0.15) is 0 Å². The van der Waals surface area contributed by atoms with Gasteiger partial charge >= 0.3 is 12.0 Å². The number of carbonyl (C=O) groups excluding carboxylic acids is 1. The first-order chi connectivity index (χ1) is 7.35. The molecule has 94 valence electrons. The Morgan fingerprint density at radius 2 is 1.62 bits per heavy atom. The van der Waals surface area contributed by atoms with Crippen LogP contribution in [0.2, 0.25) is 0 Å². The van der Waals surface area contributed by atoms with Crippen LogP contribution in [0.3, 0.4) is 0 Å². The number of nitrogens with one attached hydrogen (secondary N) is 1. The van der Waals surface area contributed by atoms with E-state index in [1.165, 1.54) is 13.8 Å². The fourth-order valence-corrected chi connectivity index (χ4v) is 1.25. The van der Waals surface area contributed by atoms with E-state index >= 15 is 0 Å². The maximum Gasteiger partial charge on any atom is 0.328 e. The SMILES string of the molecule is CCCN(CCC)C(=O)NC(C)(C)C(=O)O. The zero-order valence-electron chi connectivity index (χ0n) is 10.5. The van der Waals surface area contributed by atoms with Gasteiger partial charge in [0.2, 0.25) is 0 Å². The van der Waals surface area contributed by atoms with Crippen molar-refractivity contribution >= 4 is 12.0 Å². The first kappa shape index (κ1) is 14.7. The van der Waals surface area contributed by atoms with Crippen LogP contribution in [0, 0.1) is 0 Å². The second-order valence-corrected chi connectivity index (χ2v) is 4.35. The number of carboxylic acids is 1. The molecule has 0 aliphatic heterocycles. The largest absolute Gasteiger partial charge is 0.480 e. The van der Waals surface area contributed by atoms with Crippen LogP contribution < -0.4 is 5.32 Å². The van der Waals surface area contributed by atoms with Gasteiger partial charge in [0.05, 0.1) is 0 Å². The molecule has 5 heteroatoms. The molecule has 5 nitrogen and oxygen atoms in total. The average Bonchev–Trinajstić information content (AvgIpc) is 2.16. The summed E-state index contributed by atoms with van der Waals surface area (Å²) < 4.78 is 0. The molecule has 0 spiro atoms. The number of aliphatic carboxylic acids is 1. The number of carboxylic acid groups (broad SMARTS) is 1. The molecule has 0 saturated carbocycles. The topological polar surface area (TPSA) is 69.6 Å². The van der Waals surface area contributed by atoms with Crippen LogP contribution >= 0.6 is 0 Å². The number of amides is 2. The van der Waals surface area contributed by atoms with Crippen LogP contribution in [-0.4, -0.2) is 40.6 Å². The number of nitrogens with zero attached hydrogens (tertiary/aromatic N) is 1. The summed E-state index contributed by atoms with van der Waals surface area (Å²) in [5.74, 6) is -1.03. The molecule has 0 bridgehead atoms. The molecule has 0 fully saturated rings. The maximum absolute atomic E-state index is 11.8. The van der Waals surface area contributed by atoms with E-state index in [-0.39, 0.29) is 6.03 Å². The third-order valence-electron chi connectivity index (χ3n) is 2.23. The summed E-state index contributed by atoms with van der Waals surface area (Å²) >= 11 is 0. The van der Waals surface area contributed by atoms with Crippen LogP contribution in [0.1, 0.15) is 40.5 Å². The van der Waals surface area contributed by atoms with Crippen molar-refractivity contribution in [2.45, 2.75) is 46.1 Å². The highest BCUT2D eigenvalue weighted by Crippen LogP contribution is 2.04. The van der Waals surface area contributed by atoms with E-state index in [2.05, 4.69) is 5.32 Å². The Hall–Kier alpha value is -1.26. The van der Waals surface area contributed by atoms with Gasteiger partial charge in [0.15, 0.2) is 0 Å². The van der Waals surface area contributed by atoms with Gasteiger partial charge in [0, 0.05) is 13.1 Å². The Labute approximate surface area is 96.8 Å². The fourth-order valence-electron chi connectivity index (χ4n) is 1.25. The number of hydrogen-bond donors (Lipinski definition) is 2. The summed E-state index contributed by atoms with van der Waals surface area (Å²) in [6, 6.07) is -0.309. The van der Waals surface area contributed by atoms with Crippen molar-refractivity contribution in [3.05, 3.63) is 0 Å². The minimum absolute atomic E-state index is 0.309. The van der Waals surface area contributed by atoms with Gasteiger partial charge in [-0.3, -0.25) is 0 Å². The number of carbonyl (C=O) groups is 2. The molecule has 0 aromatic carbocycles. The Morgan fingerprint density at radius 1 is 1.19 bits per heavy atom. The molecule has 0 atom stereocenters. The molecule has 0 saturated heterocycles. The van der Waals surface area contributed by atoms with Gasteiger partial charge in [-0.1, -0.05) is 13.8 Å². The molecule has 0 aliphatic rings. The Bertz CT molecular complexity index is 246. The van der Waals surface area contributed by atoms with Crippen LogP contribution in [0.4, 0.5) is 4.79 Å². The second-order valence-electron chi connectivity index (χ2n) is 4.35. The summed E-state index contributed by atoms with van der Waals surface area (Å²) in [5, 5.41) is 11.4. The van der Waals surface area contributed by atoms with Crippen molar-refractivity contribution < 1.29 is 14.7 Å². The zero-order chi connectivity index (χ0) is 12.8. The number of rotatable bonds is 6. The molecule has 0 aromatic heterocycles. The molecule has 0 unspecified atom stereocenters. The van der Waals surface area contributed by atoms with E-state index in [9.17, 15) is 9.59 Å². The monoisotopic (exact) mass is 230 g/mol. The lowest BCUT2D eigenvalue weighted by Crippen LogP contribution is -2.54. The van der Waals surface area contributed by atoms with Crippen molar-refractivity contribution in [1.82, 2.24) is 10.2 Å². The van der Waals surface area contributed by atoms with Gasteiger partial charge in [0.25, 0.3) is 0 Å². The van der Waals surface area contributed by atoms with E-state index in [1.807, 2.05) is 13.8 Å². The lowest BCUT2D eigenvalue weighted by Gasteiger charge is -2.27. The van der Waals surface area contributed by atoms with Crippen molar-refractivity contribution in [1.29, 1.82) is 0 Å². The second kappa shape index (κ2) is 6.35. The highest BCUT2D eigenvalue weighted by molar-refractivity contribution is 5.85. The molecule has 2 amide bonds. The van der Waals surface area contributed by atoms with Crippen molar-refractivity contribution in [2.75, 3.05) is 13.1 Å². The van der Waals surface area contributed by atoms with Crippen LogP contribution in [0.25, 0.3) is 0 Å².